The minimum absolute atomic E-state index is 0.156. The fourth-order valence-corrected chi connectivity index (χ4v) is 1.44. The molecular weight excluding hydrogens is 206 g/mol. The smallest absolute Gasteiger partial charge is 0.339 e. The molecule has 0 spiro atoms. The normalized spacial score (nSPS) is 16.9. The number of carbonyl (C=O) groups is 1. The second-order valence-corrected chi connectivity index (χ2v) is 4.66. The van der Waals surface area contributed by atoms with Gasteiger partial charge in [-0.3, -0.25) is 0 Å². The van der Waals surface area contributed by atoms with Crippen molar-refractivity contribution in [3.05, 3.63) is 17.5 Å². The van der Waals surface area contributed by atoms with Crippen molar-refractivity contribution < 1.29 is 9.90 Å². The Labute approximate surface area is 93.9 Å². The molecule has 5 nitrogen and oxygen atoms in total. The molecule has 2 rings (SSSR count). The van der Waals surface area contributed by atoms with E-state index in [4.69, 9.17) is 5.11 Å². The topological polar surface area (TPSA) is 75.1 Å². The molecule has 2 N–H and O–H groups in total. The number of rotatable bonds is 4. The van der Waals surface area contributed by atoms with Gasteiger partial charge >= 0.3 is 5.97 Å². The average Bonchev–Trinajstić information content (AvgIpc) is 2.94. The Morgan fingerprint density at radius 1 is 1.62 bits per heavy atom. The minimum Gasteiger partial charge on any atom is -0.478 e. The molecule has 1 aliphatic carbocycles. The van der Waals surface area contributed by atoms with E-state index in [0.29, 0.717) is 17.1 Å². The second-order valence-electron chi connectivity index (χ2n) is 4.66. The molecule has 0 atom stereocenters. The molecule has 1 fully saturated rings. The van der Waals surface area contributed by atoms with Crippen molar-refractivity contribution in [1.29, 1.82) is 0 Å². The van der Waals surface area contributed by atoms with Gasteiger partial charge in [0, 0.05) is 12.7 Å². The van der Waals surface area contributed by atoms with E-state index in [2.05, 4.69) is 22.2 Å². The first-order valence-corrected chi connectivity index (χ1v) is 5.31. The van der Waals surface area contributed by atoms with Crippen LogP contribution in [0.4, 0.5) is 5.95 Å². The number of carboxylic acids is 1. The number of aromatic carboxylic acids is 1. The van der Waals surface area contributed by atoms with E-state index in [-0.39, 0.29) is 5.56 Å². The van der Waals surface area contributed by atoms with E-state index in [0.717, 1.165) is 6.54 Å². The molecule has 0 aliphatic heterocycles. The quantitative estimate of drug-likeness (QED) is 0.809. The SMILES string of the molecule is Cc1nc(NCC2(C)CC2)ncc1C(=O)O. The molecular formula is C11H15N3O2. The van der Waals surface area contributed by atoms with E-state index >= 15 is 0 Å². The van der Waals surface area contributed by atoms with E-state index in [1.807, 2.05) is 0 Å². The molecule has 0 radical (unpaired) electrons. The first kappa shape index (κ1) is 10.9. The zero-order chi connectivity index (χ0) is 11.8. The molecule has 16 heavy (non-hydrogen) atoms. The van der Waals surface area contributed by atoms with Gasteiger partial charge in [-0.15, -0.1) is 0 Å². The number of carboxylic acid groups (broad SMARTS) is 1. The van der Waals surface area contributed by atoms with Gasteiger partial charge in [-0.25, -0.2) is 14.8 Å². The molecule has 1 saturated carbocycles. The summed E-state index contributed by atoms with van der Waals surface area (Å²) in [6.07, 6.45) is 3.81. The Hall–Kier alpha value is -1.65. The lowest BCUT2D eigenvalue weighted by Crippen LogP contribution is -2.15. The highest BCUT2D eigenvalue weighted by molar-refractivity contribution is 5.88. The molecule has 1 aromatic rings. The van der Waals surface area contributed by atoms with Crippen LogP contribution in [0.5, 0.6) is 0 Å². The van der Waals surface area contributed by atoms with Crippen LogP contribution in [0.1, 0.15) is 35.8 Å². The van der Waals surface area contributed by atoms with Crippen LogP contribution < -0.4 is 5.32 Å². The highest BCUT2D eigenvalue weighted by atomic mass is 16.4. The van der Waals surface area contributed by atoms with Crippen molar-refractivity contribution in [2.75, 3.05) is 11.9 Å². The fourth-order valence-electron chi connectivity index (χ4n) is 1.44. The van der Waals surface area contributed by atoms with Gasteiger partial charge < -0.3 is 10.4 Å². The molecule has 5 heteroatoms. The van der Waals surface area contributed by atoms with Crippen LogP contribution in [0.15, 0.2) is 6.20 Å². The van der Waals surface area contributed by atoms with Gasteiger partial charge in [-0.2, -0.15) is 0 Å². The van der Waals surface area contributed by atoms with E-state index in [9.17, 15) is 4.79 Å². The highest BCUT2D eigenvalue weighted by Crippen LogP contribution is 2.44. The summed E-state index contributed by atoms with van der Waals surface area (Å²) in [7, 11) is 0. The predicted molar refractivity (Wildman–Crippen MR) is 59.6 cm³/mol. The van der Waals surface area contributed by atoms with Crippen LogP contribution in [0, 0.1) is 12.3 Å². The number of nitrogens with zero attached hydrogens (tertiary/aromatic N) is 2. The summed E-state index contributed by atoms with van der Waals surface area (Å²) in [6, 6.07) is 0. The van der Waals surface area contributed by atoms with E-state index in [1.54, 1.807) is 6.92 Å². The lowest BCUT2D eigenvalue weighted by Gasteiger charge is -2.10. The summed E-state index contributed by atoms with van der Waals surface area (Å²) in [6.45, 7) is 4.73. The van der Waals surface area contributed by atoms with Gasteiger partial charge in [0.25, 0.3) is 0 Å². The van der Waals surface area contributed by atoms with Gasteiger partial charge in [-0.1, -0.05) is 6.92 Å². The third-order valence-corrected chi connectivity index (χ3v) is 2.99. The zero-order valence-electron chi connectivity index (χ0n) is 9.45. The van der Waals surface area contributed by atoms with Crippen molar-refractivity contribution in [1.82, 2.24) is 9.97 Å². The Balaban J connectivity index is 2.05. The number of anilines is 1. The number of aryl methyl sites for hydroxylation is 1. The Morgan fingerprint density at radius 2 is 2.31 bits per heavy atom. The maximum absolute atomic E-state index is 10.8. The molecule has 0 bridgehead atoms. The average molecular weight is 221 g/mol. The third-order valence-electron chi connectivity index (χ3n) is 2.99. The van der Waals surface area contributed by atoms with E-state index in [1.165, 1.54) is 19.0 Å². The Kier molecular flexibility index (Phi) is 2.53. The third kappa shape index (κ3) is 2.29. The number of nitrogens with one attached hydrogen (secondary N) is 1. The maximum Gasteiger partial charge on any atom is 0.339 e. The van der Waals surface area contributed by atoms with Gasteiger partial charge in [0.05, 0.1) is 11.3 Å². The number of hydrogen-bond acceptors (Lipinski definition) is 4. The first-order chi connectivity index (χ1) is 7.50. The summed E-state index contributed by atoms with van der Waals surface area (Å²) in [5.74, 6) is -0.478. The van der Waals surface area contributed by atoms with Crippen molar-refractivity contribution >= 4 is 11.9 Å². The maximum atomic E-state index is 10.8. The van der Waals surface area contributed by atoms with Gasteiger partial charge in [-0.05, 0) is 25.2 Å². The molecule has 0 unspecified atom stereocenters. The Bertz CT molecular complexity index is 427. The standard InChI is InChI=1S/C11H15N3O2/c1-7-8(9(15)16)5-12-10(14-7)13-6-11(2)3-4-11/h5H,3-4,6H2,1-2H3,(H,15,16)(H,12,13,14). The molecule has 1 aromatic heterocycles. The molecule has 0 saturated heterocycles. The molecule has 0 aromatic carbocycles. The van der Waals surface area contributed by atoms with E-state index < -0.39 is 5.97 Å². The highest BCUT2D eigenvalue weighted by Gasteiger charge is 2.36. The van der Waals surface area contributed by atoms with Crippen molar-refractivity contribution in [2.45, 2.75) is 26.7 Å². The van der Waals surface area contributed by atoms with Crippen molar-refractivity contribution in [3.8, 4) is 0 Å². The van der Waals surface area contributed by atoms with Gasteiger partial charge in [0.2, 0.25) is 5.95 Å². The van der Waals surface area contributed by atoms with Gasteiger partial charge in [0.15, 0.2) is 0 Å². The van der Waals surface area contributed by atoms with Gasteiger partial charge in [0.1, 0.15) is 0 Å². The van der Waals surface area contributed by atoms with Crippen molar-refractivity contribution in [2.24, 2.45) is 5.41 Å². The van der Waals surface area contributed by atoms with Crippen LogP contribution in [0.3, 0.4) is 0 Å². The monoisotopic (exact) mass is 221 g/mol. The van der Waals surface area contributed by atoms with Crippen LogP contribution in [0.25, 0.3) is 0 Å². The molecule has 86 valence electrons. The van der Waals surface area contributed by atoms with Crippen molar-refractivity contribution in [3.63, 3.8) is 0 Å². The lowest BCUT2D eigenvalue weighted by atomic mass is 10.1. The molecule has 1 aliphatic rings. The fraction of sp³-hybridized carbons (Fsp3) is 0.545. The largest absolute Gasteiger partial charge is 0.478 e. The van der Waals surface area contributed by atoms with Crippen LogP contribution >= 0.6 is 0 Å². The molecule has 0 amide bonds. The summed E-state index contributed by atoms with van der Waals surface area (Å²) in [5.41, 5.74) is 1.03. The zero-order valence-corrected chi connectivity index (χ0v) is 9.45. The first-order valence-electron chi connectivity index (χ1n) is 5.31. The number of hydrogen-bond donors (Lipinski definition) is 2. The summed E-state index contributed by atoms with van der Waals surface area (Å²) in [4.78, 5) is 18.9. The summed E-state index contributed by atoms with van der Waals surface area (Å²) in [5, 5.41) is 12.0. The van der Waals surface area contributed by atoms with Crippen LogP contribution in [-0.2, 0) is 0 Å². The minimum atomic E-state index is -0.988. The van der Waals surface area contributed by atoms with Crippen LogP contribution in [-0.4, -0.2) is 27.6 Å². The Morgan fingerprint density at radius 3 is 2.81 bits per heavy atom. The summed E-state index contributed by atoms with van der Waals surface area (Å²) >= 11 is 0. The molecule has 1 heterocycles. The second kappa shape index (κ2) is 3.73. The predicted octanol–water partition coefficient (Wildman–Crippen LogP) is 1.70. The number of aromatic nitrogens is 2. The summed E-state index contributed by atoms with van der Waals surface area (Å²) < 4.78 is 0. The lowest BCUT2D eigenvalue weighted by molar-refractivity contribution is 0.0695. The van der Waals surface area contributed by atoms with Crippen LogP contribution in [0.2, 0.25) is 0 Å².